The van der Waals surface area contributed by atoms with Crippen LogP contribution < -0.4 is 10.6 Å². The Kier molecular flexibility index (Phi) is 4.83. The molecule has 0 spiro atoms. The summed E-state index contributed by atoms with van der Waals surface area (Å²) in [5, 5.41) is 13.1. The second-order valence-electron chi connectivity index (χ2n) is 5.13. The fourth-order valence-electron chi connectivity index (χ4n) is 1.75. The van der Waals surface area contributed by atoms with Crippen LogP contribution in [-0.2, 0) is 6.18 Å². The van der Waals surface area contributed by atoms with Crippen molar-refractivity contribution in [3.63, 3.8) is 0 Å². The summed E-state index contributed by atoms with van der Waals surface area (Å²) in [6.07, 6.45) is -4.37. The molecule has 0 saturated carbocycles. The van der Waals surface area contributed by atoms with Gasteiger partial charge in [-0.1, -0.05) is 0 Å². The van der Waals surface area contributed by atoms with E-state index in [0.29, 0.717) is 11.5 Å². The lowest BCUT2D eigenvalue weighted by Crippen LogP contribution is -2.30. The number of carbonyl (C=O) groups is 1. The largest absolute Gasteiger partial charge is 0.416 e. The van der Waals surface area contributed by atoms with Gasteiger partial charge < -0.3 is 10.6 Å². The van der Waals surface area contributed by atoms with Crippen LogP contribution in [0.25, 0.3) is 0 Å². The van der Waals surface area contributed by atoms with Gasteiger partial charge in [-0.2, -0.15) is 13.2 Å². The minimum Gasteiger partial charge on any atom is -0.348 e. The molecule has 0 radical (unpaired) electrons. The summed E-state index contributed by atoms with van der Waals surface area (Å²) in [5.74, 6) is -0.0144. The van der Waals surface area contributed by atoms with Gasteiger partial charge in [-0.05, 0) is 50.2 Å². The molecule has 1 amide bonds. The van der Waals surface area contributed by atoms with Crippen molar-refractivity contribution < 1.29 is 18.0 Å². The standard InChI is InChI=1S/C15H15F3N4O/c1-9(2)19-14(23)12-7-8-13(22-21-12)20-11-5-3-10(4-6-11)15(16,17)18/h3-9H,1-2H3,(H,19,23)(H,20,22). The SMILES string of the molecule is CC(C)NC(=O)c1ccc(Nc2ccc(C(F)(F)F)cc2)nn1. The Morgan fingerprint density at radius 2 is 1.70 bits per heavy atom. The number of nitrogens with one attached hydrogen (secondary N) is 2. The molecule has 0 aliphatic rings. The van der Waals surface area contributed by atoms with Crippen molar-refractivity contribution in [1.29, 1.82) is 0 Å². The summed E-state index contributed by atoms with van der Waals surface area (Å²) >= 11 is 0. The van der Waals surface area contributed by atoms with E-state index in [4.69, 9.17) is 0 Å². The average molecular weight is 324 g/mol. The van der Waals surface area contributed by atoms with E-state index in [1.165, 1.54) is 24.3 Å². The number of rotatable bonds is 4. The lowest BCUT2D eigenvalue weighted by molar-refractivity contribution is -0.137. The van der Waals surface area contributed by atoms with Crippen molar-refractivity contribution in [2.45, 2.75) is 26.1 Å². The predicted molar refractivity (Wildman–Crippen MR) is 79.4 cm³/mol. The number of halogens is 3. The van der Waals surface area contributed by atoms with Crippen LogP contribution in [0, 0.1) is 0 Å². The number of carbonyl (C=O) groups excluding carboxylic acids is 1. The van der Waals surface area contributed by atoms with Crippen LogP contribution >= 0.6 is 0 Å². The first-order chi connectivity index (χ1) is 10.8. The monoisotopic (exact) mass is 324 g/mol. The van der Waals surface area contributed by atoms with Crippen LogP contribution in [0.5, 0.6) is 0 Å². The van der Waals surface area contributed by atoms with E-state index in [0.717, 1.165) is 12.1 Å². The number of anilines is 2. The Bertz CT molecular complexity index is 667. The molecule has 0 bridgehead atoms. The van der Waals surface area contributed by atoms with Crippen LogP contribution in [0.4, 0.5) is 24.7 Å². The molecule has 2 rings (SSSR count). The molecule has 0 fully saturated rings. The first-order valence-electron chi connectivity index (χ1n) is 6.84. The topological polar surface area (TPSA) is 66.9 Å². The lowest BCUT2D eigenvalue weighted by Gasteiger charge is -2.09. The third-order valence-corrected chi connectivity index (χ3v) is 2.80. The van der Waals surface area contributed by atoms with Gasteiger partial charge in [0.05, 0.1) is 5.56 Å². The molecule has 1 aromatic heterocycles. The van der Waals surface area contributed by atoms with Crippen LogP contribution in [0.15, 0.2) is 36.4 Å². The molecule has 1 heterocycles. The fourth-order valence-corrected chi connectivity index (χ4v) is 1.75. The Labute approximate surface area is 130 Å². The van der Waals surface area contributed by atoms with Gasteiger partial charge in [0.2, 0.25) is 0 Å². The summed E-state index contributed by atoms with van der Waals surface area (Å²) in [7, 11) is 0. The maximum absolute atomic E-state index is 12.5. The van der Waals surface area contributed by atoms with Gasteiger partial charge in [0, 0.05) is 11.7 Å². The minimum absolute atomic E-state index is 0.0192. The van der Waals surface area contributed by atoms with E-state index in [1.807, 2.05) is 13.8 Å². The van der Waals surface area contributed by atoms with Gasteiger partial charge in [0.25, 0.3) is 5.91 Å². The van der Waals surface area contributed by atoms with Gasteiger partial charge in [-0.25, -0.2) is 0 Å². The lowest BCUT2D eigenvalue weighted by atomic mass is 10.2. The quantitative estimate of drug-likeness (QED) is 0.905. The van der Waals surface area contributed by atoms with E-state index in [-0.39, 0.29) is 17.6 Å². The molecule has 2 aromatic rings. The van der Waals surface area contributed by atoms with Gasteiger partial charge in [0.15, 0.2) is 11.5 Å². The summed E-state index contributed by atoms with van der Waals surface area (Å²) in [6, 6.07) is 7.53. The fraction of sp³-hybridized carbons (Fsp3) is 0.267. The molecule has 5 nitrogen and oxygen atoms in total. The highest BCUT2D eigenvalue weighted by Crippen LogP contribution is 2.30. The number of amides is 1. The van der Waals surface area contributed by atoms with Crippen LogP contribution in [0.1, 0.15) is 29.9 Å². The molecule has 0 aliphatic carbocycles. The van der Waals surface area contributed by atoms with Crippen LogP contribution in [-0.4, -0.2) is 22.1 Å². The molecule has 0 unspecified atom stereocenters. The Morgan fingerprint density at radius 3 is 2.17 bits per heavy atom. The van der Waals surface area contributed by atoms with Gasteiger partial charge in [-0.3, -0.25) is 4.79 Å². The highest BCUT2D eigenvalue weighted by Gasteiger charge is 2.29. The zero-order valence-corrected chi connectivity index (χ0v) is 12.5. The summed E-state index contributed by atoms with van der Waals surface area (Å²) < 4.78 is 37.4. The maximum Gasteiger partial charge on any atom is 0.416 e. The molecule has 122 valence electrons. The zero-order valence-electron chi connectivity index (χ0n) is 12.5. The van der Waals surface area contributed by atoms with Crippen molar-refractivity contribution in [3.05, 3.63) is 47.7 Å². The minimum atomic E-state index is -4.37. The van der Waals surface area contributed by atoms with E-state index in [1.54, 1.807) is 0 Å². The van der Waals surface area contributed by atoms with Gasteiger partial charge in [0.1, 0.15) is 0 Å². The van der Waals surface area contributed by atoms with Gasteiger partial charge >= 0.3 is 6.18 Å². The molecule has 2 N–H and O–H groups in total. The third-order valence-electron chi connectivity index (χ3n) is 2.80. The smallest absolute Gasteiger partial charge is 0.348 e. The van der Waals surface area contributed by atoms with Gasteiger partial charge in [-0.15, -0.1) is 10.2 Å². The molecule has 1 aromatic carbocycles. The molecule has 0 aliphatic heterocycles. The summed E-state index contributed by atoms with van der Waals surface area (Å²) in [5.41, 5.74) is -0.127. The zero-order chi connectivity index (χ0) is 17.0. The predicted octanol–water partition coefficient (Wildman–Crippen LogP) is 3.38. The first-order valence-corrected chi connectivity index (χ1v) is 6.84. The van der Waals surface area contributed by atoms with Crippen molar-refractivity contribution in [3.8, 4) is 0 Å². The second kappa shape index (κ2) is 6.64. The van der Waals surface area contributed by atoms with Crippen LogP contribution in [0.2, 0.25) is 0 Å². The summed E-state index contributed by atoms with van der Waals surface area (Å²) in [6.45, 7) is 3.65. The number of nitrogens with zero attached hydrogens (tertiary/aromatic N) is 2. The van der Waals surface area contributed by atoms with Crippen LogP contribution in [0.3, 0.4) is 0 Å². The Morgan fingerprint density at radius 1 is 1.04 bits per heavy atom. The molecule has 0 saturated heterocycles. The number of aromatic nitrogens is 2. The average Bonchev–Trinajstić information content (AvgIpc) is 2.47. The van der Waals surface area contributed by atoms with Crippen molar-refractivity contribution in [2.75, 3.05) is 5.32 Å². The van der Waals surface area contributed by atoms with E-state index < -0.39 is 11.7 Å². The Hall–Kier alpha value is -2.64. The molecule has 23 heavy (non-hydrogen) atoms. The van der Waals surface area contributed by atoms with E-state index in [2.05, 4.69) is 20.8 Å². The Balaban J connectivity index is 2.05. The summed E-state index contributed by atoms with van der Waals surface area (Å²) in [4.78, 5) is 11.7. The van der Waals surface area contributed by atoms with E-state index in [9.17, 15) is 18.0 Å². The number of alkyl halides is 3. The van der Waals surface area contributed by atoms with Crippen molar-refractivity contribution >= 4 is 17.4 Å². The first kappa shape index (κ1) is 16.7. The molecular weight excluding hydrogens is 309 g/mol. The molecule has 8 heteroatoms. The maximum atomic E-state index is 12.5. The third kappa shape index (κ3) is 4.67. The second-order valence-corrected chi connectivity index (χ2v) is 5.13. The van der Waals surface area contributed by atoms with Crippen molar-refractivity contribution in [1.82, 2.24) is 15.5 Å². The van der Waals surface area contributed by atoms with Crippen molar-refractivity contribution in [2.24, 2.45) is 0 Å². The number of hydrogen-bond acceptors (Lipinski definition) is 4. The highest BCUT2D eigenvalue weighted by atomic mass is 19.4. The highest BCUT2D eigenvalue weighted by molar-refractivity contribution is 5.92. The molecule has 0 atom stereocenters. The number of hydrogen-bond donors (Lipinski definition) is 2. The normalized spacial score (nSPS) is 11.4. The van der Waals surface area contributed by atoms with E-state index >= 15 is 0 Å². The number of benzene rings is 1. The molecular formula is C15H15F3N4O.